The molecule has 2 aromatic rings. The van der Waals surface area contributed by atoms with E-state index in [1.54, 1.807) is 7.05 Å². The number of carbonyl (C=O) groups excluding carboxylic acids is 1. The fraction of sp³-hybridized carbons (Fsp3) is 0.588. The minimum absolute atomic E-state index is 0.0623. The SMILES string of the molecule is Cc1cc(C(F)(F)F)nc(C(=O)N2CCC(C3CC3)C2c2n[nH]c(=O)n2C)n1. The van der Waals surface area contributed by atoms with Crippen LogP contribution in [0.5, 0.6) is 0 Å². The summed E-state index contributed by atoms with van der Waals surface area (Å²) in [7, 11) is 1.55. The number of H-pyrrole nitrogens is 1. The molecule has 1 saturated heterocycles. The molecule has 1 amide bonds. The zero-order valence-corrected chi connectivity index (χ0v) is 15.3. The second kappa shape index (κ2) is 6.42. The van der Waals surface area contributed by atoms with Crippen molar-refractivity contribution in [3.05, 3.63) is 39.6 Å². The third-order valence-electron chi connectivity index (χ3n) is 5.45. The maximum absolute atomic E-state index is 13.1. The summed E-state index contributed by atoms with van der Waals surface area (Å²) in [6.07, 6.45) is -1.92. The number of likely N-dealkylation sites (tertiary alicyclic amines) is 1. The molecular weight excluding hydrogens is 377 g/mol. The molecule has 2 fully saturated rings. The van der Waals surface area contributed by atoms with Crippen LogP contribution in [0.2, 0.25) is 0 Å². The van der Waals surface area contributed by atoms with E-state index >= 15 is 0 Å². The van der Waals surface area contributed by atoms with Crippen molar-refractivity contribution in [2.75, 3.05) is 6.54 Å². The lowest BCUT2D eigenvalue weighted by Gasteiger charge is -2.27. The number of aromatic amines is 1. The molecule has 1 N–H and O–H groups in total. The van der Waals surface area contributed by atoms with Crippen LogP contribution < -0.4 is 5.69 Å². The zero-order chi connectivity index (χ0) is 20.2. The first-order chi connectivity index (χ1) is 13.2. The molecule has 0 bridgehead atoms. The summed E-state index contributed by atoms with van der Waals surface area (Å²) >= 11 is 0. The summed E-state index contributed by atoms with van der Waals surface area (Å²) < 4.78 is 40.6. The molecule has 11 heteroatoms. The number of rotatable bonds is 3. The van der Waals surface area contributed by atoms with Crippen molar-refractivity contribution in [2.24, 2.45) is 18.9 Å². The molecule has 0 aromatic carbocycles. The number of hydrogen-bond acceptors (Lipinski definition) is 5. The highest BCUT2D eigenvalue weighted by Gasteiger charge is 2.48. The van der Waals surface area contributed by atoms with Gasteiger partial charge in [-0.1, -0.05) is 0 Å². The minimum atomic E-state index is -4.67. The summed E-state index contributed by atoms with van der Waals surface area (Å²) in [6.45, 7) is 1.74. The van der Waals surface area contributed by atoms with Crippen molar-refractivity contribution in [3.8, 4) is 0 Å². The van der Waals surface area contributed by atoms with Gasteiger partial charge < -0.3 is 4.90 Å². The Hall–Kier alpha value is -2.72. The zero-order valence-electron chi connectivity index (χ0n) is 15.3. The quantitative estimate of drug-likeness (QED) is 0.854. The number of hydrogen-bond donors (Lipinski definition) is 1. The van der Waals surface area contributed by atoms with Crippen molar-refractivity contribution in [1.29, 1.82) is 0 Å². The Morgan fingerprint density at radius 3 is 2.54 bits per heavy atom. The van der Waals surface area contributed by atoms with Gasteiger partial charge in [0.1, 0.15) is 5.69 Å². The Labute approximate surface area is 157 Å². The lowest BCUT2D eigenvalue weighted by atomic mass is 9.94. The molecule has 150 valence electrons. The van der Waals surface area contributed by atoms with Crippen LogP contribution in [0.4, 0.5) is 13.2 Å². The van der Waals surface area contributed by atoms with E-state index in [0.717, 1.165) is 18.9 Å². The smallest absolute Gasteiger partial charge is 0.325 e. The number of nitrogens with zero attached hydrogens (tertiary/aromatic N) is 5. The third kappa shape index (κ3) is 3.18. The molecular formula is C17H19F3N6O2. The average Bonchev–Trinajstić information content (AvgIpc) is 3.30. The second-order valence-corrected chi connectivity index (χ2v) is 7.40. The normalized spacial score (nSPS) is 22.7. The van der Waals surface area contributed by atoms with Gasteiger partial charge >= 0.3 is 11.9 Å². The number of nitrogens with one attached hydrogen (secondary N) is 1. The number of amides is 1. The number of aromatic nitrogens is 5. The lowest BCUT2D eigenvalue weighted by Crippen LogP contribution is -2.36. The molecule has 2 atom stereocenters. The topological polar surface area (TPSA) is 96.8 Å². The van der Waals surface area contributed by atoms with Gasteiger partial charge in [-0.3, -0.25) is 9.36 Å². The molecule has 2 aromatic heterocycles. The van der Waals surface area contributed by atoms with Crippen molar-refractivity contribution < 1.29 is 18.0 Å². The van der Waals surface area contributed by atoms with E-state index in [0.29, 0.717) is 24.7 Å². The van der Waals surface area contributed by atoms with Crippen LogP contribution in [0.15, 0.2) is 10.9 Å². The molecule has 28 heavy (non-hydrogen) atoms. The minimum Gasteiger partial charge on any atom is -0.325 e. The van der Waals surface area contributed by atoms with Gasteiger partial charge in [-0.15, -0.1) is 0 Å². The van der Waals surface area contributed by atoms with Gasteiger partial charge in [0.25, 0.3) is 5.91 Å². The molecule has 3 heterocycles. The highest BCUT2D eigenvalue weighted by atomic mass is 19.4. The maximum Gasteiger partial charge on any atom is 0.433 e. The van der Waals surface area contributed by atoms with Gasteiger partial charge in [-0.2, -0.15) is 18.3 Å². The number of halogens is 3. The first-order valence-electron chi connectivity index (χ1n) is 9.02. The third-order valence-corrected chi connectivity index (χ3v) is 5.45. The number of alkyl halides is 3. The van der Waals surface area contributed by atoms with Crippen LogP contribution in [0.3, 0.4) is 0 Å². The molecule has 2 unspecified atom stereocenters. The van der Waals surface area contributed by atoms with Gasteiger partial charge in [0, 0.05) is 19.3 Å². The molecule has 1 saturated carbocycles. The Morgan fingerprint density at radius 1 is 1.25 bits per heavy atom. The molecule has 8 nitrogen and oxygen atoms in total. The lowest BCUT2D eigenvalue weighted by molar-refractivity contribution is -0.141. The van der Waals surface area contributed by atoms with E-state index in [1.807, 2.05) is 0 Å². The predicted molar refractivity (Wildman–Crippen MR) is 90.2 cm³/mol. The van der Waals surface area contributed by atoms with Crippen LogP contribution in [0.25, 0.3) is 0 Å². The first-order valence-corrected chi connectivity index (χ1v) is 9.02. The highest BCUT2D eigenvalue weighted by molar-refractivity contribution is 5.91. The largest absolute Gasteiger partial charge is 0.433 e. The molecule has 0 radical (unpaired) electrons. The summed E-state index contributed by atoms with van der Waals surface area (Å²) in [5.41, 5.74) is -1.49. The fourth-order valence-electron chi connectivity index (χ4n) is 3.95. The van der Waals surface area contributed by atoms with Crippen molar-refractivity contribution in [2.45, 2.75) is 38.4 Å². The Morgan fingerprint density at radius 2 is 1.96 bits per heavy atom. The van der Waals surface area contributed by atoms with E-state index in [1.165, 1.54) is 16.4 Å². The molecule has 0 spiro atoms. The second-order valence-electron chi connectivity index (χ2n) is 7.40. The van der Waals surface area contributed by atoms with E-state index in [9.17, 15) is 22.8 Å². The van der Waals surface area contributed by atoms with E-state index < -0.39 is 35.3 Å². The van der Waals surface area contributed by atoms with Gasteiger partial charge in [0.05, 0.1) is 6.04 Å². The monoisotopic (exact) mass is 396 g/mol. The fourth-order valence-corrected chi connectivity index (χ4v) is 3.95. The predicted octanol–water partition coefficient (Wildman–Crippen LogP) is 1.84. The standard InChI is InChI=1S/C17H19F3N6O2/c1-8-7-11(17(18,19)20)22-13(21-8)15(27)26-6-5-10(9-3-4-9)12(26)14-23-24-16(28)25(14)2/h7,9-10,12H,3-6H2,1-2H3,(H,24,28). The maximum atomic E-state index is 13.1. The van der Waals surface area contributed by atoms with Crippen LogP contribution in [0, 0.1) is 18.8 Å². The highest BCUT2D eigenvalue weighted by Crippen LogP contribution is 2.50. The van der Waals surface area contributed by atoms with Crippen LogP contribution in [-0.2, 0) is 13.2 Å². The van der Waals surface area contributed by atoms with Gasteiger partial charge in [-0.05, 0) is 44.1 Å². The van der Waals surface area contributed by atoms with Gasteiger partial charge in [0.2, 0.25) is 5.82 Å². The summed E-state index contributed by atoms with van der Waals surface area (Å²) in [4.78, 5) is 33.8. The van der Waals surface area contributed by atoms with E-state index in [4.69, 9.17) is 0 Å². The van der Waals surface area contributed by atoms with Gasteiger partial charge in [0.15, 0.2) is 5.82 Å². The van der Waals surface area contributed by atoms with E-state index in [-0.39, 0.29) is 11.6 Å². The van der Waals surface area contributed by atoms with Crippen LogP contribution in [-0.4, -0.2) is 42.1 Å². The summed E-state index contributed by atoms with van der Waals surface area (Å²) in [5, 5.41) is 6.44. The Kier molecular flexibility index (Phi) is 4.27. The van der Waals surface area contributed by atoms with Crippen LogP contribution >= 0.6 is 0 Å². The van der Waals surface area contributed by atoms with Crippen LogP contribution in [0.1, 0.15) is 53.1 Å². The first kappa shape index (κ1) is 18.6. The number of carbonyl (C=O) groups is 1. The Balaban J connectivity index is 1.73. The molecule has 4 rings (SSSR count). The molecule has 1 aliphatic carbocycles. The summed E-state index contributed by atoms with van der Waals surface area (Å²) in [5.74, 6) is -0.257. The van der Waals surface area contributed by atoms with Crippen molar-refractivity contribution in [3.63, 3.8) is 0 Å². The van der Waals surface area contributed by atoms with Crippen molar-refractivity contribution in [1.82, 2.24) is 29.6 Å². The van der Waals surface area contributed by atoms with Gasteiger partial charge in [-0.25, -0.2) is 19.9 Å². The molecule has 1 aliphatic heterocycles. The Bertz CT molecular complexity index is 978. The molecule has 2 aliphatic rings. The summed E-state index contributed by atoms with van der Waals surface area (Å²) in [6, 6.07) is 0.310. The van der Waals surface area contributed by atoms with E-state index in [2.05, 4.69) is 20.2 Å². The van der Waals surface area contributed by atoms with Crippen molar-refractivity contribution >= 4 is 5.91 Å². The number of aryl methyl sites for hydroxylation is 1. The average molecular weight is 396 g/mol.